The van der Waals surface area contributed by atoms with Crippen molar-refractivity contribution in [3.05, 3.63) is 24.0 Å². The Hall–Kier alpha value is -0.800. The number of nitrogens with one attached hydrogen (secondary N) is 2. The first kappa shape index (κ1) is 9.43. The summed E-state index contributed by atoms with van der Waals surface area (Å²) in [6.07, 6.45) is 4.65. The zero-order chi connectivity index (χ0) is 10.1. The highest BCUT2D eigenvalue weighted by atomic mass is 16.5. The smallest absolute Gasteiger partial charge is 0.0611 e. The Bertz CT molecular complexity index is 310. The molecular formula is C12H18N2O. The summed E-state index contributed by atoms with van der Waals surface area (Å²) in [6, 6.07) is 4.29. The van der Waals surface area contributed by atoms with Gasteiger partial charge in [-0.25, -0.2) is 0 Å². The molecule has 1 atom stereocenters. The van der Waals surface area contributed by atoms with Crippen molar-refractivity contribution in [3.8, 4) is 0 Å². The fourth-order valence-corrected chi connectivity index (χ4v) is 2.90. The number of hydrogen-bond donors (Lipinski definition) is 2. The maximum Gasteiger partial charge on any atom is 0.0611 e. The molecule has 0 aromatic carbocycles. The van der Waals surface area contributed by atoms with E-state index in [1.165, 1.54) is 25.1 Å². The van der Waals surface area contributed by atoms with Gasteiger partial charge < -0.3 is 15.0 Å². The van der Waals surface area contributed by atoms with Crippen molar-refractivity contribution >= 4 is 0 Å². The van der Waals surface area contributed by atoms with E-state index in [1.807, 2.05) is 6.20 Å². The minimum atomic E-state index is 0.275. The quantitative estimate of drug-likeness (QED) is 0.765. The lowest BCUT2D eigenvalue weighted by Gasteiger charge is -2.48. The van der Waals surface area contributed by atoms with Gasteiger partial charge in [0.2, 0.25) is 0 Å². The molecule has 0 bridgehead atoms. The summed E-state index contributed by atoms with van der Waals surface area (Å²) in [7, 11) is 0. The van der Waals surface area contributed by atoms with Crippen LogP contribution < -0.4 is 5.32 Å². The summed E-state index contributed by atoms with van der Waals surface area (Å²) < 4.78 is 5.47. The summed E-state index contributed by atoms with van der Waals surface area (Å²) >= 11 is 0. The molecule has 15 heavy (non-hydrogen) atoms. The molecule has 0 saturated carbocycles. The summed E-state index contributed by atoms with van der Waals surface area (Å²) in [5.41, 5.74) is 1.64. The fourth-order valence-electron chi connectivity index (χ4n) is 2.90. The highest BCUT2D eigenvalue weighted by molar-refractivity contribution is 5.23. The van der Waals surface area contributed by atoms with Gasteiger partial charge in [-0.3, -0.25) is 0 Å². The van der Waals surface area contributed by atoms with Gasteiger partial charge in [0, 0.05) is 11.9 Å². The molecule has 1 aromatic heterocycles. The zero-order valence-electron chi connectivity index (χ0n) is 8.96. The average molecular weight is 206 g/mol. The topological polar surface area (TPSA) is 37.0 Å². The van der Waals surface area contributed by atoms with Crippen molar-refractivity contribution in [3.63, 3.8) is 0 Å². The van der Waals surface area contributed by atoms with E-state index < -0.39 is 0 Å². The van der Waals surface area contributed by atoms with Crippen LogP contribution in [0.3, 0.4) is 0 Å². The third kappa shape index (κ3) is 1.42. The predicted octanol–water partition coefficient (Wildman–Crippen LogP) is 1.28. The second-order valence-corrected chi connectivity index (χ2v) is 4.78. The highest BCUT2D eigenvalue weighted by Crippen LogP contribution is 2.41. The Morgan fingerprint density at radius 2 is 2.33 bits per heavy atom. The van der Waals surface area contributed by atoms with Gasteiger partial charge in [-0.15, -0.1) is 0 Å². The van der Waals surface area contributed by atoms with Gasteiger partial charge in [0.15, 0.2) is 0 Å². The Morgan fingerprint density at radius 1 is 1.40 bits per heavy atom. The summed E-state index contributed by atoms with van der Waals surface area (Å²) in [4.78, 5) is 3.37. The van der Waals surface area contributed by atoms with Gasteiger partial charge in [0.05, 0.1) is 18.6 Å². The summed E-state index contributed by atoms with van der Waals surface area (Å²) in [5, 5.41) is 3.50. The maximum absolute atomic E-state index is 5.47. The van der Waals surface area contributed by atoms with E-state index in [-0.39, 0.29) is 5.41 Å². The van der Waals surface area contributed by atoms with Crippen LogP contribution in [0.4, 0.5) is 0 Å². The number of rotatable bonds is 2. The minimum absolute atomic E-state index is 0.275. The lowest BCUT2D eigenvalue weighted by atomic mass is 9.68. The minimum Gasteiger partial charge on any atom is -0.379 e. The van der Waals surface area contributed by atoms with Gasteiger partial charge in [-0.2, -0.15) is 0 Å². The predicted molar refractivity (Wildman–Crippen MR) is 58.9 cm³/mol. The van der Waals surface area contributed by atoms with E-state index >= 15 is 0 Å². The van der Waals surface area contributed by atoms with E-state index in [9.17, 15) is 0 Å². The van der Waals surface area contributed by atoms with E-state index in [0.29, 0.717) is 0 Å². The first-order chi connectivity index (χ1) is 7.42. The van der Waals surface area contributed by atoms with E-state index in [4.69, 9.17) is 4.74 Å². The molecule has 3 nitrogen and oxygen atoms in total. The van der Waals surface area contributed by atoms with Crippen molar-refractivity contribution < 1.29 is 4.74 Å². The summed E-state index contributed by atoms with van der Waals surface area (Å²) in [5.74, 6) is 0.735. The standard InChI is InChI=1S/C12H18N2O/c1-3-10(7-13-5-1)12(8-15-9-12)11-4-2-6-14-11/h2,4,6,10,13-14H,1,3,5,7-9H2. The molecule has 2 aliphatic heterocycles. The second-order valence-electron chi connectivity index (χ2n) is 4.78. The Morgan fingerprint density at radius 3 is 2.87 bits per heavy atom. The number of piperidine rings is 1. The number of aromatic nitrogens is 1. The molecule has 0 spiro atoms. The van der Waals surface area contributed by atoms with Gasteiger partial charge in [-0.05, 0) is 44.0 Å². The SMILES string of the molecule is c1c[nH]c(C2(C3CCCNC3)COC2)c1. The maximum atomic E-state index is 5.47. The number of aromatic amines is 1. The van der Waals surface area contributed by atoms with Crippen LogP contribution in [0.1, 0.15) is 18.5 Å². The molecule has 3 rings (SSSR count). The monoisotopic (exact) mass is 206 g/mol. The molecular weight excluding hydrogens is 188 g/mol. The number of hydrogen-bond acceptors (Lipinski definition) is 2. The van der Waals surface area contributed by atoms with Crippen LogP contribution in [0.25, 0.3) is 0 Å². The van der Waals surface area contributed by atoms with E-state index in [1.54, 1.807) is 0 Å². The zero-order valence-corrected chi connectivity index (χ0v) is 8.96. The molecule has 2 fully saturated rings. The molecule has 0 amide bonds. The van der Waals surface area contributed by atoms with Crippen molar-refractivity contribution in [2.24, 2.45) is 5.92 Å². The Kier molecular flexibility index (Phi) is 2.29. The van der Waals surface area contributed by atoms with Crippen LogP contribution in [0.2, 0.25) is 0 Å². The summed E-state index contributed by atoms with van der Waals surface area (Å²) in [6.45, 7) is 4.10. The van der Waals surface area contributed by atoms with Crippen LogP contribution in [0, 0.1) is 5.92 Å². The molecule has 82 valence electrons. The fraction of sp³-hybridized carbons (Fsp3) is 0.667. The lowest BCUT2D eigenvalue weighted by Crippen LogP contribution is -2.56. The Balaban J connectivity index is 1.85. The molecule has 3 heterocycles. The van der Waals surface area contributed by atoms with Crippen LogP contribution >= 0.6 is 0 Å². The van der Waals surface area contributed by atoms with Crippen molar-refractivity contribution in [2.45, 2.75) is 18.3 Å². The van der Waals surface area contributed by atoms with Crippen LogP contribution in [0.15, 0.2) is 18.3 Å². The molecule has 2 aliphatic rings. The van der Waals surface area contributed by atoms with Gasteiger partial charge >= 0.3 is 0 Å². The number of H-pyrrole nitrogens is 1. The molecule has 0 radical (unpaired) electrons. The van der Waals surface area contributed by atoms with E-state index in [0.717, 1.165) is 25.7 Å². The van der Waals surface area contributed by atoms with Crippen molar-refractivity contribution in [1.29, 1.82) is 0 Å². The highest BCUT2D eigenvalue weighted by Gasteiger charge is 2.47. The largest absolute Gasteiger partial charge is 0.379 e. The average Bonchev–Trinajstić information content (AvgIpc) is 2.72. The second kappa shape index (κ2) is 3.65. The molecule has 0 aliphatic carbocycles. The third-order valence-corrected chi connectivity index (χ3v) is 3.93. The third-order valence-electron chi connectivity index (χ3n) is 3.93. The normalized spacial score (nSPS) is 29.7. The van der Waals surface area contributed by atoms with Crippen LogP contribution in [0.5, 0.6) is 0 Å². The first-order valence-electron chi connectivity index (χ1n) is 5.84. The molecule has 1 unspecified atom stereocenters. The Labute approximate surface area is 90.2 Å². The van der Waals surface area contributed by atoms with Crippen LogP contribution in [-0.2, 0) is 10.2 Å². The molecule has 3 heteroatoms. The van der Waals surface area contributed by atoms with E-state index in [2.05, 4.69) is 22.4 Å². The van der Waals surface area contributed by atoms with Gasteiger partial charge in [0.25, 0.3) is 0 Å². The lowest BCUT2D eigenvalue weighted by molar-refractivity contribution is -0.0966. The molecule has 2 saturated heterocycles. The van der Waals surface area contributed by atoms with Gasteiger partial charge in [0.1, 0.15) is 0 Å². The first-order valence-corrected chi connectivity index (χ1v) is 5.84. The van der Waals surface area contributed by atoms with Gasteiger partial charge in [-0.1, -0.05) is 0 Å². The van der Waals surface area contributed by atoms with Crippen molar-refractivity contribution in [2.75, 3.05) is 26.3 Å². The number of ether oxygens (including phenoxy) is 1. The van der Waals surface area contributed by atoms with Crippen molar-refractivity contribution in [1.82, 2.24) is 10.3 Å². The van der Waals surface area contributed by atoms with Crippen LogP contribution in [-0.4, -0.2) is 31.3 Å². The molecule has 2 N–H and O–H groups in total. The molecule has 1 aromatic rings.